The second kappa shape index (κ2) is 9.58. The van der Waals surface area contributed by atoms with Crippen LogP contribution in [0.5, 0.6) is 17.2 Å². The summed E-state index contributed by atoms with van der Waals surface area (Å²) in [7, 11) is 3.14. The smallest absolute Gasteiger partial charge is 0.308 e. The molecule has 0 fully saturated rings. The monoisotopic (exact) mass is 421 g/mol. The number of benzene rings is 2. The molecule has 0 saturated heterocycles. The van der Waals surface area contributed by atoms with Gasteiger partial charge < -0.3 is 19.5 Å². The van der Waals surface area contributed by atoms with Gasteiger partial charge >= 0.3 is 5.97 Å². The lowest BCUT2D eigenvalue weighted by Crippen LogP contribution is -2.00. The van der Waals surface area contributed by atoms with Gasteiger partial charge in [0.15, 0.2) is 11.5 Å². The number of nitrogens with zero attached hydrogens (tertiary/aromatic N) is 2. The van der Waals surface area contributed by atoms with Crippen molar-refractivity contribution in [2.24, 2.45) is 0 Å². The van der Waals surface area contributed by atoms with Crippen LogP contribution >= 0.6 is 11.3 Å². The van der Waals surface area contributed by atoms with E-state index >= 15 is 0 Å². The van der Waals surface area contributed by atoms with Gasteiger partial charge in [-0.05, 0) is 36.4 Å². The third kappa shape index (κ3) is 4.96. The van der Waals surface area contributed by atoms with Crippen LogP contribution in [0.3, 0.4) is 0 Å². The van der Waals surface area contributed by atoms with Gasteiger partial charge in [-0.15, -0.1) is 11.3 Å². The quantitative estimate of drug-likeness (QED) is 0.335. The lowest BCUT2D eigenvalue weighted by atomic mass is 10.2. The molecule has 1 aromatic heterocycles. The first-order valence-corrected chi connectivity index (χ1v) is 9.75. The summed E-state index contributed by atoms with van der Waals surface area (Å²) in [5.41, 5.74) is 2.74. The van der Waals surface area contributed by atoms with Crippen LogP contribution in [0, 0.1) is 11.3 Å². The van der Waals surface area contributed by atoms with Crippen molar-refractivity contribution in [1.29, 1.82) is 5.26 Å². The summed E-state index contributed by atoms with van der Waals surface area (Å²) in [6.45, 7) is 1.35. The summed E-state index contributed by atoms with van der Waals surface area (Å²) in [5, 5.41) is 15.1. The molecule has 1 heterocycles. The van der Waals surface area contributed by atoms with E-state index in [9.17, 15) is 10.1 Å². The highest BCUT2D eigenvalue weighted by Crippen LogP contribution is 2.31. The highest BCUT2D eigenvalue weighted by atomic mass is 32.1. The van der Waals surface area contributed by atoms with Gasteiger partial charge in [0.1, 0.15) is 22.4 Å². The minimum Gasteiger partial charge on any atom is -0.493 e. The van der Waals surface area contributed by atoms with Crippen molar-refractivity contribution in [3.63, 3.8) is 0 Å². The Balaban J connectivity index is 1.77. The van der Waals surface area contributed by atoms with E-state index in [1.54, 1.807) is 44.7 Å². The van der Waals surface area contributed by atoms with E-state index in [0.717, 1.165) is 16.9 Å². The third-order valence-electron chi connectivity index (χ3n) is 4.03. The average molecular weight is 421 g/mol. The second-order valence-electron chi connectivity index (χ2n) is 6.04. The minimum absolute atomic E-state index is 0.371. The van der Waals surface area contributed by atoms with Crippen LogP contribution in [-0.2, 0) is 4.79 Å². The van der Waals surface area contributed by atoms with Crippen LogP contribution in [0.2, 0.25) is 0 Å². The molecule has 0 unspecified atom stereocenters. The Morgan fingerprint density at radius 1 is 1.13 bits per heavy atom. The minimum atomic E-state index is -0.371. The molecule has 3 rings (SSSR count). The largest absolute Gasteiger partial charge is 0.493 e. The van der Waals surface area contributed by atoms with Crippen molar-refractivity contribution < 1.29 is 19.0 Å². The predicted octanol–water partition coefficient (Wildman–Crippen LogP) is 4.73. The number of ether oxygens (including phenoxy) is 3. The number of esters is 1. The van der Waals surface area contributed by atoms with Gasteiger partial charge in [0, 0.05) is 35.8 Å². The van der Waals surface area contributed by atoms with Gasteiger partial charge in [0.05, 0.1) is 19.9 Å². The maximum absolute atomic E-state index is 11.0. The number of hydrogen-bond donors (Lipinski definition) is 1. The number of methoxy groups -OCH3 is 2. The van der Waals surface area contributed by atoms with Crippen LogP contribution in [-0.4, -0.2) is 25.2 Å². The molecule has 0 atom stereocenters. The number of nitriles is 1. The lowest BCUT2D eigenvalue weighted by Gasteiger charge is -2.09. The predicted molar refractivity (Wildman–Crippen MR) is 116 cm³/mol. The van der Waals surface area contributed by atoms with Crippen molar-refractivity contribution in [2.45, 2.75) is 6.92 Å². The number of anilines is 1. The van der Waals surface area contributed by atoms with Crippen molar-refractivity contribution in [3.8, 4) is 34.6 Å². The molecule has 8 heteroatoms. The first-order chi connectivity index (χ1) is 14.5. The summed E-state index contributed by atoms with van der Waals surface area (Å²) in [6, 6.07) is 14.6. The van der Waals surface area contributed by atoms with Crippen molar-refractivity contribution in [2.75, 3.05) is 19.5 Å². The van der Waals surface area contributed by atoms with E-state index in [1.807, 2.05) is 23.6 Å². The second-order valence-corrected chi connectivity index (χ2v) is 6.90. The maximum Gasteiger partial charge on any atom is 0.308 e. The summed E-state index contributed by atoms with van der Waals surface area (Å²) in [6.07, 6.45) is 1.60. The van der Waals surface area contributed by atoms with Crippen molar-refractivity contribution in [1.82, 2.24) is 4.98 Å². The van der Waals surface area contributed by atoms with E-state index in [0.29, 0.717) is 27.8 Å². The first-order valence-electron chi connectivity index (χ1n) is 8.87. The fraction of sp³-hybridized carbons (Fsp3) is 0.136. The normalized spacial score (nSPS) is 10.8. The molecule has 0 radical (unpaired) electrons. The zero-order valence-electron chi connectivity index (χ0n) is 16.6. The summed E-state index contributed by atoms with van der Waals surface area (Å²) < 4.78 is 15.5. The molecule has 30 heavy (non-hydrogen) atoms. The highest BCUT2D eigenvalue weighted by Gasteiger charge is 2.10. The van der Waals surface area contributed by atoms with Crippen LogP contribution in [0.4, 0.5) is 5.69 Å². The fourth-order valence-electron chi connectivity index (χ4n) is 2.61. The Kier molecular flexibility index (Phi) is 6.67. The molecular weight excluding hydrogens is 402 g/mol. The first kappa shape index (κ1) is 20.9. The molecule has 0 amide bonds. The third-order valence-corrected chi connectivity index (χ3v) is 4.91. The summed E-state index contributed by atoms with van der Waals surface area (Å²) in [4.78, 5) is 15.6. The molecule has 0 aliphatic rings. The van der Waals surface area contributed by atoms with Gasteiger partial charge in [0.25, 0.3) is 0 Å². The zero-order valence-corrected chi connectivity index (χ0v) is 17.4. The number of nitrogens with one attached hydrogen (secondary N) is 1. The molecule has 0 aliphatic carbocycles. The summed E-state index contributed by atoms with van der Waals surface area (Å²) in [5.74, 6) is 1.31. The number of thiazole rings is 1. The number of allylic oxidation sites excluding steroid dienone is 1. The number of aromatic nitrogens is 1. The van der Waals surface area contributed by atoms with Gasteiger partial charge in [-0.1, -0.05) is 0 Å². The zero-order chi connectivity index (χ0) is 21.5. The van der Waals surface area contributed by atoms with Crippen LogP contribution in [0.25, 0.3) is 16.8 Å². The van der Waals surface area contributed by atoms with E-state index in [2.05, 4.69) is 16.4 Å². The molecule has 152 valence electrons. The van der Waals surface area contributed by atoms with Gasteiger partial charge in [0.2, 0.25) is 0 Å². The Morgan fingerprint density at radius 3 is 2.50 bits per heavy atom. The number of carbonyl (C=O) groups is 1. The Bertz CT molecular complexity index is 1110. The molecule has 0 bridgehead atoms. The number of rotatable bonds is 7. The standard InChI is InChI=1S/C22H19N3O4S/c1-14(26)29-18-7-4-15(5-8-18)19-13-30-22(25-19)16(11-23)12-24-17-6-9-20(27-2)21(10-17)28-3/h4-10,12-13,24H,1-3H3. The van der Waals surface area contributed by atoms with Gasteiger partial charge in [-0.2, -0.15) is 5.26 Å². The van der Waals surface area contributed by atoms with Crippen molar-refractivity contribution in [3.05, 3.63) is 59.1 Å². The van der Waals surface area contributed by atoms with Crippen LogP contribution in [0.15, 0.2) is 54.0 Å². The van der Waals surface area contributed by atoms with E-state index in [1.165, 1.54) is 18.3 Å². The highest BCUT2D eigenvalue weighted by molar-refractivity contribution is 7.11. The Morgan fingerprint density at radius 2 is 1.87 bits per heavy atom. The molecule has 0 spiro atoms. The Hall–Kier alpha value is -3.83. The van der Waals surface area contributed by atoms with E-state index < -0.39 is 0 Å². The fourth-order valence-corrected chi connectivity index (χ4v) is 3.41. The van der Waals surface area contributed by atoms with Gasteiger partial charge in [-0.25, -0.2) is 4.98 Å². The molecule has 7 nitrogen and oxygen atoms in total. The Labute approximate surface area is 178 Å². The maximum atomic E-state index is 11.0. The van der Waals surface area contributed by atoms with E-state index in [4.69, 9.17) is 14.2 Å². The van der Waals surface area contributed by atoms with E-state index in [-0.39, 0.29) is 5.97 Å². The molecule has 2 aromatic carbocycles. The molecule has 3 aromatic rings. The summed E-state index contributed by atoms with van der Waals surface area (Å²) >= 11 is 1.37. The van der Waals surface area contributed by atoms with Crippen LogP contribution < -0.4 is 19.5 Å². The molecule has 0 aliphatic heterocycles. The van der Waals surface area contributed by atoms with Gasteiger partial charge in [-0.3, -0.25) is 4.79 Å². The average Bonchev–Trinajstić information content (AvgIpc) is 3.24. The molecule has 0 saturated carbocycles. The lowest BCUT2D eigenvalue weighted by molar-refractivity contribution is -0.131. The SMILES string of the molecule is COc1ccc(NC=C(C#N)c2nc(-c3ccc(OC(C)=O)cc3)cs2)cc1OC. The molecular formula is C22H19N3O4S. The van der Waals surface area contributed by atoms with Crippen LogP contribution in [0.1, 0.15) is 11.9 Å². The topological polar surface area (TPSA) is 93.5 Å². The number of carbonyl (C=O) groups excluding carboxylic acids is 1. The van der Waals surface area contributed by atoms with Crippen molar-refractivity contribution >= 4 is 28.6 Å². The number of hydrogen-bond acceptors (Lipinski definition) is 8. The molecule has 1 N–H and O–H groups in total.